The van der Waals surface area contributed by atoms with Gasteiger partial charge in [0.25, 0.3) is 0 Å². The lowest BCUT2D eigenvalue weighted by Gasteiger charge is -2.41. The second-order valence-electron chi connectivity index (χ2n) is 7.17. The molecule has 136 valence electrons. The van der Waals surface area contributed by atoms with Gasteiger partial charge in [0.05, 0.1) is 6.54 Å². The summed E-state index contributed by atoms with van der Waals surface area (Å²) < 4.78 is 5.44. The Kier molecular flexibility index (Phi) is 6.18. The molecule has 6 nitrogen and oxygen atoms in total. The van der Waals surface area contributed by atoms with Crippen LogP contribution in [0.1, 0.15) is 26.2 Å². The van der Waals surface area contributed by atoms with Gasteiger partial charge in [0.2, 0.25) is 11.7 Å². The molecule has 0 spiro atoms. The van der Waals surface area contributed by atoms with Crippen LogP contribution >= 0.6 is 0 Å². The van der Waals surface area contributed by atoms with Crippen LogP contribution in [0.5, 0.6) is 0 Å². The summed E-state index contributed by atoms with van der Waals surface area (Å²) in [5.41, 5.74) is 0.970. The smallest absolute Gasteiger partial charge is 0.241 e. The third-order valence-corrected chi connectivity index (χ3v) is 4.61. The number of hydrogen-bond donors (Lipinski definition) is 1. The standard InChI is InChI=1S/C19H28N4O2/c1-15(2)12-23-10-9-22(13-17(23)8-11-24)14-18-20-19(21-25-18)16-6-4-3-5-7-16/h3-7,15,17,24H,8-14H2,1-2H3/t17-/m1/s1. The minimum Gasteiger partial charge on any atom is -0.396 e. The molecule has 3 rings (SSSR count). The average molecular weight is 344 g/mol. The largest absolute Gasteiger partial charge is 0.396 e. The Morgan fingerprint density at radius 2 is 2.04 bits per heavy atom. The Bertz CT molecular complexity index is 644. The van der Waals surface area contributed by atoms with Crippen LogP contribution in [-0.2, 0) is 6.54 Å². The summed E-state index contributed by atoms with van der Waals surface area (Å²) in [6.07, 6.45) is 0.808. The molecular weight excluding hydrogens is 316 g/mol. The number of aliphatic hydroxyl groups excluding tert-OH is 1. The van der Waals surface area contributed by atoms with E-state index in [0.717, 1.165) is 38.2 Å². The van der Waals surface area contributed by atoms with Crippen molar-refractivity contribution in [3.63, 3.8) is 0 Å². The normalized spacial score (nSPS) is 19.6. The monoisotopic (exact) mass is 344 g/mol. The number of benzene rings is 1. The molecule has 0 amide bonds. The molecule has 1 aliphatic rings. The molecule has 2 aromatic rings. The summed E-state index contributed by atoms with van der Waals surface area (Å²) in [6, 6.07) is 10.3. The zero-order chi connectivity index (χ0) is 17.6. The van der Waals surface area contributed by atoms with Crippen LogP contribution in [0.4, 0.5) is 0 Å². The summed E-state index contributed by atoms with van der Waals surface area (Å²) >= 11 is 0. The van der Waals surface area contributed by atoms with Gasteiger partial charge in [-0.3, -0.25) is 9.80 Å². The van der Waals surface area contributed by atoms with Crippen LogP contribution in [-0.4, -0.2) is 63.9 Å². The number of rotatable bonds is 7. The van der Waals surface area contributed by atoms with E-state index in [2.05, 4.69) is 33.8 Å². The van der Waals surface area contributed by atoms with Gasteiger partial charge in [-0.25, -0.2) is 0 Å². The summed E-state index contributed by atoms with van der Waals surface area (Å²) in [4.78, 5) is 9.38. The SMILES string of the molecule is CC(C)CN1CCN(Cc2nc(-c3ccccc3)no2)C[C@H]1CCO. The van der Waals surface area contributed by atoms with E-state index >= 15 is 0 Å². The molecule has 0 aliphatic carbocycles. The van der Waals surface area contributed by atoms with Gasteiger partial charge < -0.3 is 9.63 Å². The van der Waals surface area contributed by atoms with Crippen molar-refractivity contribution in [1.29, 1.82) is 0 Å². The molecule has 1 aliphatic heterocycles. The Morgan fingerprint density at radius 1 is 1.24 bits per heavy atom. The highest BCUT2D eigenvalue weighted by molar-refractivity contribution is 5.53. The molecule has 1 aromatic carbocycles. The maximum atomic E-state index is 9.39. The Morgan fingerprint density at radius 3 is 2.76 bits per heavy atom. The Balaban J connectivity index is 1.61. The van der Waals surface area contributed by atoms with Crippen molar-refractivity contribution in [3.8, 4) is 11.4 Å². The third kappa shape index (κ3) is 4.87. The van der Waals surface area contributed by atoms with Gasteiger partial charge >= 0.3 is 0 Å². The number of aliphatic hydroxyl groups is 1. The minimum absolute atomic E-state index is 0.228. The van der Waals surface area contributed by atoms with Crippen molar-refractivity contribution < 1.29 is 9.63 Å². The van der Waals surface area contributed by atoms with Gasteiger partial charge in [-0.1, -0.05) is 49.3 Å². The lowest BCUT2D eigenvalue weighted by molar-refractivity contribution is 0.0430. The molecule has 0 saturated carbocycles. The lowest BCUT2D eigenvalue weighted by Crippen LogP contribution is -2.53. The van der Waals surface area contributed by atoms with Crippen LogP contribution in [0, 0.1) is 5.92 Å². The van der Waals surface area contributed by atoms with Gasteiger partial charge in [0, 0.05) is 44.4 Å². The van der Waals surface area contributed by atoms with E-state index in [-0.39, 0.29) is 6.61 Å². The molecule has 1 saturated heterocycles. The molecule has 1 N–H and O–H groups in total. The van der Waals surface area contributed by atoms with Crippen LogP contribution in [0.15, 0.2) is 34.9 Å². The summed E-state index contributed by atoms with van der Waals surface area (Å²) in [5, 5.41) is 13.5. The maximum absolute atomic E-state index is 9.39. The van der Waals surface area contributed by atoms with Crippen LogP contribution in [0.3, 0.4) is 0 Å². The number of piperazine rings is 1. The summed E-state index contributed by atoms with van der Waals surface area (Å²) in [6.45, 7) is 9.38. The van der Waals surface area contributed by atoms with Gasteiger partial charge in [0.15, 0.2) is 0 Å². The molecule has 1 fully saturated rings. The third-order valence-electron chi connectivity index (χ3n) is 4.61. The number of nitrogens with zero attached hydrogens (tertiary/aromatic N) is 4. The highest BCUT2D eigenvalue weighted by Crippen LogP contribution is 2.19. The van der Waals surface area contributed by atoms with Crippen LogP contribution < -0.4 is 0 Å². The van der Waals surface area contributed by atoms with Crippen molar-refractivity contribution in [1.82, 2.24) is 19.9 Å². The van der Waals surface area contributed by atoms with Crippen molar-refractivity contribution >= 4 is 0 Å². The zero-order valence-electron chi connectivity index (χ0n) is 15.1. The lowest BCUT2D eigenvalue weighted by atomic mass is 10.1. The molecule has 2 heterocycles. The second kappa shape index (κ2) is 8.56. The van der Waals surface area contributed by atoms with E-state index in [4.69, 9.17) is 4.52 Å². The van der Waals surface area contributed by atoms with E-state index in [1.807, 2.05) is 30.3 Å². The molecule has 1 aromatic heterocycles. The van der Waals surface area contributed by atoms with E-state index in [9.17, 15) is 5.11 Å². The number of aromatic nitrogens is 2. The topological polar surface area (TPSA) is 65.6 Å². The predicted octanol–water partition coefficient (Wildman–Crippen LogP) is 2.26. The van der Waals surface area contributed by atoms with Crippen molar-refractivity contribution in [2.75, 3.05) is 32.8 Å². The Labute approximate surface area is 149 Å². The van der Waals surface area contributed by atoms with Crippen molar-refractivity contribution in [3.05, 3.63) is 36.2 Å². The fourth-order valence-electron chi connectivity index (χ4n) is 3.45. The van der Waals surface area contributed by atoms with Gasteiger partial charge in [-0.05, 0) is 12.3 Å². The van der Waals surface area contributed by atoms with Crippen molar-refractivity contribution in [2.24, 2.45) is 5.92 Å². The van der Waals surface area contributed by atoms with E-state index in [0.29, 0.717) is 30.2 Å². The first-order valence-electron chi connectivity index (χ1n) is 9.11. The quantitative estimate of drug-likeness (QED) is 0.831. The average Bonchev–Trinajstić information content (AvgIpc) is 3.06. The fourth-order valence-corrected chi connectivity index (χ4v) is 3.45. The number of hydrogen-bond acceptors (Lipinski definition) is 6. The highest BCUT2D eigenvalue weighted by atomic mass is 16.5. The van der Waals surface area contributed by atoms with Crippen molar-refractivity contribution in [2.45, 2.75) is 32.9 Å². The highest BCUT2D eigenvalue weighted by Gasteiger charge is 2.27. The maximum Gasteiger partial charge on any atom is 0.241 e. The van der Waals surface area contributed by atoms with Gasteiger partial charge in [-0.15, -0.1) is 0 Å². The van der Waals surface area contributed by atoms with E-state index < -0.39 is 0 Å². The molecule has 25 heavy (non-hydrogen) atoms. The van der Waals surface area contributed by atoms with E-state index in [1.165, 1.54) is 0 Å². The molecule has 0 unspecified atom stereocenters. The molecule has 1 atom stereocenters. The second-order valence-corrected chi connectivity index (χ2v) is 7.17. The van der Waals surface area contributed by atoms with Crippen LogP contribution in [0.25, 0.3) is 11.4 Å². The fraction of sp³-hybridized carbons (Fsp3) is 0.579. The Hall–Kier alpha value is -1.76. The summed E-state index contributed by atoms with van der Waals surface area (Å²) in [7, 11) is 0. The molecule has 6 heteroatoms. The molecular formula is C19H28N4O2. The van der Waals surface area contributed by atoms with Crippen LogP contribution in [0.2, 0.25) is 0 Å². The molecule has 0 radical (unpaired) electrons. The first-order valence-corrected chi connectivity index (χ1v) is 9.11. The first-order chi connectivity index (χ1) is 12.2. The van der Waals surface area contributed by atoms with Gasteiger partial charge in [-0.2, -0.15) is 4.98 Å². The summed E-state index contributed by atoms with van der Waals surface area (Å²) in [5.74, 6) is 1.93. The minimum atomic E-state index is 0.228. The zero-order valence-corrected chi connectivity index (χ0v) is 15.1. The van der Waals surface area contributed by atoms with Gasteiger partial charge in [0.1, 0.15) is 0 Å². The molecule has 0 bridgehead atoms. The predicted molar refractivity (Wildman–Crippen MR) is 96.9 cm³/mol. The first kappa shape index (κ1) is 18.0. The van der Waals surface area contributed by atoms with E-state index in [1.54, 1.807) is 0 Å².